The first-order valence-corrected chi connectivity index (χ1v) is 10.1. The third kappa shape index (κ3) is 4.22. The summed E-state index contributed by atoms with van der Waals surface area (Å²) in [4.78, 5) is 12.4. The smallest absolute Gasteiger partial charge is 0.235 e. The van der Waals surface area contributed by atoms with Gasteiger partial charge in [0, 0.05) is 24.4 Å². The first kappa shape index (κ1) is 18.9. The zero-order valence-corrected chi connectivity index (χ0v) is 16.9. The van der Waals surface area contributed by atoms with E-state index in [4.69, 9.17) is 0 Å². The molecule has 0 fully saturated rings. The van der Waals surface area contributed by atoms with Crippen LogP contribution in [0.25, 0.3) is 17.1 Å². The number of benzene rings is 2. The maximum Gasteiger partial charge on any atom is 0.235 e. The molecule has 1 amide bonds. The van der Waals surface area contributed by atoms with Crippen molar-refractivity contribution in [2.24, 2.45) is 7.05 Å². The van der Waals surface area contributed by atoms with Gasteiger partial charge in [0.15, 0.2) is 11.0 Å². The molecule has 0 unspecified atom stereocenters. The molecule has 0 saturated heterocycles. The van der Waals surface area contributed by atoms with Gasteiger partial charge >= 0.3 is 0 Å². The zero-order chi connectivity index (χ0) is 20.2. The van der Waals surface area contributed by atoms with Gasteiger partial charge in [-0.2, -0.15) is 5.10 Å². The lowest BCUT2D eigenvalue weighted by Crippen LogP contribution is -2.16. The number of para-hydroxylation sites is 1. The molecule has 146 valence electrons. The third-order valence-electron chi connectivity index (χ3n) is 4.28. The van der Waals surface area contributed by atoms with Crippen molar-refractivity contribution < 1.29 is 4.79 Å². The van der Waals surface area contributed by atoms with E-state index in [1.54, 1.807) is 11.7 Å². The van der Waals surface area contributed by atoms with Crippen LogP contribution in [-0.4, -0.2) is 36.2 Å². The van der Waals surface area contributed by atoms with Crippen LogP contribution in [0.3, 0.4) is 0 Å². The molecule has 8 heteroatoms. The number of carbonyl (C=O) groups excluding carboxylic acids is 1. The van der Waals surface area contributed by atoms with E-state index in [9.17, 15) is 4.79 Å². The fraction of sp³-hybridized carbons (Fsp3) is 0.143. The number of amides is 1. The van der Waals surface area contributed by atoms with Crippen LogP contribution in [-0.2, 0) is 11.8 Å². The zero-order valence-electron chi connectivity index (χ0n) is 16.1. The molecule has 0 bridgehead atoms. The quantitative estimate of drug-likeness (QED) is 0.496. The molecule has 4 aromatic rings. The SMILES string of the molecule is Cc1cc(NC(=O)CSc2nnc(-c3ccccc3)n2-c2ccccc2)n(C)n1. The van der Waals surface area contributed by atoms with Gasteiger partial charge in [-0.3, -0.25) is 14.0 Å². The van der Waals surface area contributed by atoms with Crippen molar-refractivity contribution in [3.8, 4) is 17.1 Å². The number of hydrogen-bond acceptors (Lipinski definition) is 5. The number of anilines is 1. The summed E-state index contributed by atoms with van der Waals surface area (Å²) in [6.07, 6.45) is 0. The van der Waals surface area contributed by atoms with Crippen LogP contribution in [0.1, 0.15) is 5.69 Å². The predicted molar refractivity (Wildman–Crippen MR) is 114 cm³/mol. The van der Waals surface area contributed by atoms with E-state index in [0.29, 0.717) is 11.0 Å². The number of nitrogens with one attached hydrogen (secondary N) is 1. The van der Waals surface area contributed by atoms with Gasteiger partial charge in [0.05, 0.1) is 11.4 Å². The average Bonchev–Trinajstić information content (AvgIpc) is 3.30. The molecule has 0 spiro atoms. The monoisotopic (exact) mass is 404 g/mol. The Bertz CT molecular complexity index is 1120. The molecular weight excluding hydrogens is 384 g/mol. The molecule has 0 saturated carbocycles. The fourth-order valence-electron chi connectivity index (χ4n) is 2.98. The van der Waals surface area contributed by atoms with E-state index < -0.39 is 0 Å². The van der Waals surface area contributed by atoms with Crippen LogP contribution in [0.5, 0.6) is 0 Å². The van der Waals surface area contributed by atoms with Crippen LogP contribution < -0.4 is 5.32 Å². The molecule has 0 aliphatic heterocycles. The van der Waals surface area contributed by atoms with Crippen LogP contribution in [0.2, 0.25) is 0 Å². The highest BCUT2D eigenvalue weighted by molar-refractivity contribution is 7.99. The van der Waals surface area contributed by atoms with Gasteiger partial charge in [0.2, 0.25) is 5.91 Å². The number of carbonyl (C=O) groups is 1. The number of thioether (sulfide) groups is 1. The van der Waals surface area contributed by atoms with E-state index >= 15 is 0 Å². The number of nitrogens with zero attached hydrogens (tertiary/aromatic N) is 5. The average molecular weight is 404 g/mol. The molecule has 1 N–H and O–H groups in total. The minimum Gasteiger partial charge on any atom is -0.310 e. The predicted octanol–water partition coefficient (Wildman–Crippen LogP) is 3.71. The van der Waals surface area contributed by atoms with E-state index in [1.807, 2.05) is 78.2 Å². The summed E-state index contributed by atoms with van der Waals surface area (Å²) in [5, 5.41) is 16.5. The maximum atomic E-state index is 12.4. The van der Waals surface area contributed by atoms with Crippen LogP contribution in [0.15, 0.2) is 71.9 Å². The molecule has 2 aromatic carbocycles. The lowest BCUT2D eigenvalue weighted by atomic mass is 10.2. The largest absolute Gasteiger partial charge is 0.310 e. The van der Waals surface area contributed by atoms with Gasteiger partial charge in [-0.15, -0.1) is 10.2 Å². The second kappa shape index (κ2) is 8.32. The Morgan fingerprint density at radius 3 is 2.38 bits per heavy atom. The highest BCUT2D eigenvalue weighted by atomic mass is 32.2. The molecule has 0 aliphatic rings. The molecule has 0 radical (unpaired) electrons. The van der Waals surface area contributed by atoms with Gasteiger partial charge in [-0.05, 0) is 19.1 Å². The standard InChI is InChI=1S/C21H20N6OS/c1-15-13-18(26(2)25-15)22-19(28)14-29-21-24-23-20(16-9-5-3-6-10-16)27(21)17-11-7-4-8-12-17/h3-13H,14H2,1-2H3,(H,22,28). The second-order valence-electron chi connectivity index (χ2n) is 6.47. The highest BCUT2D eigenvalue weighted by Crippen LogP contribution is 2.27. The van der Waals surface area contributed by atoms with Crippen molar-refractivity contribution >= 4 is 23.5 Å². The summed E-state index contributed by atoms with van der Waals surface area (Å²) in [7, 11) is 1.80. The summed E-state index contributed by atoms with van der Waals surface area (Å²) in [5.74, 6) is 1.50. The molecule has 0 aliphatic carbocycles. The number of hydrogen-bond donors (Lipinski definition) is 1. The van der Waals surface area contributed by atoms with Gasteiger partial charge in [0.25, 0.3) is 0 Å². The molecule has 0 atom stereocenters. The van der Waals surface area contributed by atoms with E-state index in [2.05, 4.69) is 20.6 Å². The minimum atomic E-state index is -0.123. The van der Waals surface area contributed by atoms with Crippen molar-refractivity contribution in [2.75, 3.05) is 11.1 Å². The molecule has 2 heterocycles. The normalized spacial score (nSPS) is 10.8. The Labute approximate surface area is 172 Å². The number of rotatable bonds is 6. The number of aryl methyl sites for hydroxylation is 2. The molecule has 4 rings (SSSR count). The van der Waals surface area contributed by atoms with Crippen molar-refractivity contribution in [2.45, 2.75) is 12.1 Å². The van der Waals surface area contributed by atoms with E-state index in [-0.39, 0.29) is 11.7 Å². The van der Waals surface area contributed by atoms with E-state index in [0.717, 1.165) is 22.8 Å². The van der Waals surface area contributed by atoms with Gasteiger partial charge in [0.1, 0.15) is 5.82 Å². The van der Waals surface area contributed by atoms with Gasteiger partial charge in [-0.1, -0.05) is 60.3 Å². The molecule has 2 aromatic heterocycles. The van der Waals surface area contributed by atoms with Crippen molar-refractivity contribution in [1.82, 2.24) is 24.5 Å². The third-order valence-corrected chi connectivity index (χ3v) is 5.21. The lowest BCUT2D eigenvalue weighted by molar-refractivity contribution is -0.113. The molecule has 29 heavy (non-hydrogen) atoms. The first-order valence-electron chi connectivity index (χ1n) is 9.11. The molecule has 7 nitrogen and oxygen atoms in total. The van der Waals surface area contributed by atoms with Crippen LogP contribution in [0, 0.1) is 6.92 Å². The lowest BCUT2D eigenvalue weighted by Gasteiger charge is -2.10. The van der Waals surface area contributed by atoms with Crippen LogP contribution >= 0.6 is 11.8 Å². The summed E-state index contributed by atoms with van der Waals surface area (Å²) in [5.41, 5.74) is 2.76. The van der Waals surface area contributed by atoms with Gasteiger partial charge < -0.3 is 5.32 Å². The summed E-state index contributed by atoms with van der Waals surface area (Å²) < 4.78 is 3.62. The topological polar surface area (TPSA) is 77.6 Å². The maximum absolute atomic E-state index is 12.4. The Hall–Kier alpha value is -3.39. The second-order valence-corrected chi connectivity index (χ2v) is 7.42. The Balaban J connectivity index is 1.58. The van der Waals surface area contributed by atoms with Gasteiger partial charge in [-0.25, -0.2) is 0 Å². The summed E-state index contributed by atoms with van der Waals surface area (Å²) in [6, 6.07) is 21.6. The van der Waals surface area contributed by atoms with Crippen LogP contribution in [0.4, 0.5) is 5.82 Å². The highest BCUT2D eigenvalue weighted by Gasteiger charge is 2.17. The van der Waals surface area contributed by atoms with Crippen molar-refractivity contribution in [3.63, 3.8) is 0 Å². The molecular formula is C21H20N6OS. The minimum absolute atomic E-state index is 0.123. The van der Waals surface area contributed by atoms with Crippen molar-refractivity contribution in [3.05, 3.63) is 72.4 Å². The summed E-state index contributed by atoms with van der Waals surface area (Å²) in [6.45, 7) is 1.89. The number of aromatic nitrogens is 5. The Morgan fingerprint density at radius 2 is 1.72 bits per heavy atom. The summed E-state index contributed by atoms with van der Waals surface area (Å²) >= 11 is 1.35. The fourth-order valence-corrected chi connectivity index (χ4v) is 3.74. The first-order chi connectivity index (χ1) is 14.1. The van der Waals surface area contributed by atoms with E-state index in [1.165, 1.54) is 11.8 Å². The van der Waals surface area contributed by atoms with Crippen molar-refractivity contribution in [1.29, 1.82) is 0 Å². The Kier molecular flexibility index (Phi) is 5.44. The Morgan fingerprint density at radius 1 is 1.03 bits per heavy atom.